The van der Waals surface area contributed by atoms with Gasteiger partial charge in [0.15, 0.2) is 4.96 Å². The summed E-state index contributed by atoms with van der Waals surface area (Å²) in [6, 6.07) is 7.65. The average Bonchev–Trinajstić information content (AvgIpc) is 2.89. The molecule has 0 bridgehead atoms. The highest BCUT2D eigenvalue weighted by Crippen LogP contribution is 2.18. The monoisotopic (exact) mass is 383 g/mol. The van der Waals surface area contributed by atoms with Crippen LogP contribution >= 0.6 is 33.9 Å². The van der Waals surface area contributed by atoms with Gasteiger partial charge in [0.1, 0.15) is 5.69 Å². The molecule has 0 aliphatic heterocycles. The third-order valence-electron chi connectivity index (χ3n) is 2.61. The van der Waals surface area contributed by atoms with Crippen molar-refractivity contribution in [1.82, 2.24) is 9.38 Å². The van der Waals surface area contributed by atoms with E-state index in [-0.39, 0.29) is 5.91 Å². The standard InChI is InChI=1S/C13H10IN3OS/c1-8-6-17-7-11(16-13(17)19-8)12(18)15-10-4-2-9(14)3-5-10/h2-7H,1H3,(H,15,18). The van der Waals surface area contributed by atoms with Crippen LogP contribution in [0.2, 0.25) is 0 Å². The van der Waals surface area contributed by atoms with E-state index in [0.29, 0.717) is 5.69 Å². The van der Waals surface area contributed by atoms with Gasteiger partial charge in [-0.3, -0.25) is 9.20 Å². The minimum atomic E-state index is -0.185. The predicted octanol–water partition coefficient (Wildman–Crippen LogP) is 3.56. The highest BCUT2D eigenvalue weighted by molar-refractivity contribution is 14.1. The molecule has 6 heteroatoms. The molecule has 3 aromatic rings. The quantitative estimate of drug-likeness (QED) is 0.688. The Balaban J connectivity index is 1.83. The van der Waals surface area contributed by atoms with Crippen LogP contribution in [0.3, 0.4) is 0 Å². The van der Waals surface area contributed by atoms with E-state index < -0.39 is 0 Å². The van der Waals surface area contributed by atoms with Gasteiger partial charge in [-0.1, -0.05) is 0 Å². The first-order valence-corrected chi connectivity index (χ1v) is 7.53. The Morgan fingerprint density at radius 1 is 1.32 bits per heavy atom. The molecule has 0 saturated carbocycles. The maximum absolute atomic E-state index is 12.1. The van der Waals surface area contributed by atoms with Gasteiger partial charge in [-0.05, 0) is 53.8 Å². The molecule has 0 aliphatic carbocycles. The summed E-state index contributed by atoms with van der Waals surface area (Å²) in [4.78, 5) is 18.4. The molecular formula is C13H10IN3OS. The normalized spacial score (nSPS) is 10.8. The summed E-state index contributed by atoms with van der Waals surface area (Å²) in [6.07, 6.45) is 3.72. The molecule has 0 unspecified atom stereocenters. The van der Waals surface area contributed by atoms with Crippen molar-refractivity contribution in [2.45, 2.75) is 6.92 Å². The molecule has 1 N–H and O–H groups in total. The van der Waals surface area contributed by atoms with Gasteiger partial charge in [0.25, 0.3) is 5.91 Å². The fourth-order valence-electron chi connectivity index (χ4n) is 1.75. The summed E-state index contributed by atoms with van der Waals surface area (Å²) in [5, 5.41) is 2.84. The number of anilines is 1. The highest BCUT2D eigenvalue weighted by atomic mass is 127. The van der Waals surface area contributed by atoms with Crippen molar-refractivity contribution in [3.63, 3.8) is 0 Å². The third-order valence-corrected chi connectivity index (χ3v) is 4.24. The molecule has 1 amide bonds. The number of thiazole rings is 1. The average molecular weight is 383 g/mol. The Bertz CT molecular complexity index is 713. The van der Waals surface area contributed by atoms with Crippen LogP contribution in [0.1, 0.15) is 15.4 Å². The van der Waals surface area contributed by atoms with Gasteiger partial charge in [-0.2, -0.15) is 0 Å². The number of halogens is 1. The van der Waals surface area contributed by atoms with Gasteiger partial charge in [0.05, 0.1) is 0 Å². The van der Waals surface area contributed by atoms with Crippen LogP contribution in [0.4, 0.5) is 5.69 Å². The van der Waals surface area contributed by atoms with E-state index in [0.717, 1.165) is 14.2 Å². The zero-order valence-corrected chi connectivity index (χ0v) is 13.0. The number of carbonyl (C=O) groups is 1. The number of nitrogens with zero attached hydrogens (tertiary/aromatic N) is 2. The fraction of sp³-hybridized carbons (Fsp3) is 0.0769. The molecule has 0 atom stereocenters. The van der Waals surface area contributed by atoms with Gasteiger partial charge in [0, 0.05) is 26.5 Å². The SMILES string of the molecule is Cc1cn2cc(C(=O)Nc3ccc(I)cc3)nc2s1. The molecule has 0 fully saturated rings. The molecule has 1 aromatic carbocycles. The van der Waals surface area contributed by atoms with Crippen LogP contribution in [-0.4, -0.2) is 15.3 Å². The number of rotatable bonds is 2. The number of fused-ring (bicyclic) bond motifs is 1. The van der Waals surface area contributed by atoms with Crippen molar-refractivity contribution in [3.05, 3.63) is 50.8 Å². The first-order valence-electron chi connectivity index (χ1n) is 5.64. The lowest BCUT2D eigenvalue weighted by molar-refractivity contribution is 0.102. The second-order valence-corrected chi connectivity index (χ2v) is 6.58. The third kappa shape index (κ3) is 2.64. The molecule has 2 aromatic heterocycles. The van der Waals surface area contributed by atoms with E-state index in [9.17, 15) is 4.79 Å². The lowest BCUT2D eigenvalue weighted by Crippen LogP contribution is -2.12. The highest BCUT2D eigenvalue weighted by Gasteiger charge is 2.12. The minimum Gasteiger partial charge on any atom is -0.321 e. The number of amides is 1. The van der Waals surface area contributed by atoms with Crippen molar-refractivity contribution in [2.24, 2.45) is 0 Å². The van der Waals surface area contributed by atoms with Crippen molar-refractivity contribution in [1.29, 1.82) is 0 Å². The summed E-state index contributed by atoms with van der Waals surface area (Å²) in [7, 11) is 0. The maximum Gasteiger partial charge on any atom is 0.275 e. The van der Waals surface area contributed by atoms with Crippen LogP contribution in [0.5, 0.6) is 0 Å². The molecule has 0 saturated heterocycles. The van der Waals surface area contributed by atoms with Crippen molar-refractivity contribution in [3.8, 4) is 0 Å². The van der Waals surface area contributed by atoms with Gasteiger partial charge < -0.3 is 5.32 Å². The summed E-state index contributed by atoms with van der Waals surface area (Å²) >= 11 is 3.80. The van der Waals surface area contributed by atoms with E-state index in [1.54, 1.807) is 17.5 Å². The number of hydrogen-bond acceptors (Lipinski definition) is 3. The topological polar surface area (TPSA) is 46.4 Å². The number of aryl methyl sites for hydroxylation is 1. The van der Waals surface area contributed by atoms with Crippen LogP contribution in [0.25, 0.3) is 4.96 Å². The van der Waals surface area contributed by atoms with Crippen LogP contribution in [0, 0.1) is 10.5 Å². The van der Waals surface area contributed by atoms with E-state index >= 15 is 0 Å². The predicted molar refractivity (Wildman–Crippen MR) is 84.9 cm³/mol. The van der Waals surface area contributed by atoms with Gasteiger partial charge >= 0.3 is 0 Å². The van der Waals surface area contributed by atoms with E-state index in [1.165, 1.54) is 4.88 Å². The molecule has 0 radical (unpaired) electrons. The second kappa shape index (κ2) is 4.93. The smallest absolute Gasteiger partial charge is 0.275 e. The zero-order chi connectivity index (χ0) is 13.4. The van der Waals surface area contributed by atoms with E-state index in [4.69, 9.17) is 0 Å². The van der Waals surface area contributed by atoms with Crippen molar-refractivity contribution >= 4 is 50.5 Å². The number of hydrogen-bond donors (Lipinski definition) is 1. The molecule has 3 rings (SSSR count). The Kier molecular flexibility index (Phi) is 3.28. The number of carbonyl (C=O) groups excluding carboxylic acids is 1. The minimum absolute atomic E-state index is 0.185. The summed E-state index contributed by atoms with van der Waals surface area (Å²) in [5.41, 5.74) is 1.21. The van der Waals surface area contributed by atoms with E-state index in [1.807, 2.05) is 41.8 Å². The largest absolute Gasteiger partial charge is 0.321 e. The first kappa shape index (κ1) is 12.6. The fourth-order valence-corrected chi connectivity index (χ4v) is 2.92. The Morgan fingerprint density at radius 3 is 2.74 bits per heavy atom. The van der Waals surface area contributed by atoms with E-state index in [2.05, 4.69) is 32.9 Å². The Morgan fingerprint density at radius 2 is 2.05 bits per heavy atom. The first-order chi connectivity index (χ1) is 9.11. The number of nitrogens with one attached hydrogen (secondary N) is 1. The lowest BCUT2D eigenvalue weighted by Gasteiger charge is -2.02. The summed E-state index contributed by atoms with van der Waals surface area (Å²) in [5.74, 6) is -0.185. The molecular weight excluding hydrogens is 373 g/mol. The Hall–Kier alpha value is -1.41. The molecule has 2 heterocycles. The van der Waals surface area contributed by atoms with Crippen molar-refractivity contribution in [2.75, 3.05) is 5.32 Å². The lowest BCUT2D eigenvalue weighted by atomic mass is 10.3. The summed E-state index contributed by atoms with van der Waals surface area (Å²) in [6.45, 7) is 2.02. The molecule has 0 aliphatic rings. The zero-order valence-electron chi connectivity index (χ0n) is 10.1. The van der Waals surface area contributed by atoms with Gasteiger partial charge in [-0.25, -0.2) is 4.98 Å². The Labute approximate surface area is 127 Å². The second-order valence-electron chi connectivity index (χ2n) is 4.12. The van der Waals surface area contributed by atoms with Crippen LogP contribution < -0.4 is 5.32 Å². The number of imidazole rings is 1. The molecule has 4 nitrogen and oxygen atoms in total. The number of benzene rings is 1. The summed E-state index contributed by atoms with van der Waals surface area (Å²) < 4.78 is 3.01. The van der Waals surface area contributed by atoms with Gasteiger partial charge in [0.2, 0.25) is 0 Å². The number of aromatic nitrogens is 2. The molecule has 96 valence electrons. The van der Waals surface area contributed by atoms with Crippen LogP contribution in [0.15, 0.2) is 36.7 Å². The van der Waals surface area contributed by atoms with Crippen LogP contribution in [-0.2, 0) is 0 Å². The molecule has 19 heavy (non-hydrogen) atoms. The van der Waals surface area contributed by atoms with Gasteiger partial charge in [-0.15, -0.1) is 11.3 Å². The molecule has 0 spiro atoms. The van der Waals surface area contributed by atoms with Crippen molar-refractivity contribution < 1.29 is 4.79 Å². The maximum atomic E-state index is 12.1.